The molecular formula is C13H16FN3O. The molecule has 2 aromatic rings. The van der Waals surface area contributed by atoms with E-state index in [9.17, 15) is 9.50 Å². The molecule has 0 saturated carbocycles. The molecule has 0 bridgehead atoms. The SMILES string of the molecule is Cc1cc(F)ccc1-c1nnc(CO)n1C(C)C. The summed E-state index contributed by atoms with van der Waals surface area (Å²) >= 11 is 0. The zero-order valence-electron chi connectivity index (χ0n) is 10.7. The van der Waals surface area contributed by atoms with Crippen molar-refractivity contribution in [3.05, 3.63) is 35.4 Å². The first-order valence-corrected chi connectivity index (χ1v) is 5.85. The monoisotopic (exact) mass is 249 g/mol. The first kappa shape index (κ1) is 12.7. The predicted molar refractivity (Wildman–Crippen MR) is 66.5 cm³/mol. The lowest BCUT2D eigenvalue weighted by Gasteiger charge is -2.14. The first-order valence-electron chi connectivity index (χ1n) is 5.85. The van der Waals surface area contributed by atoms with Gasteiger partial charge in [0.25, 0.3) is 0 Å². The average molecular weight is 249 g/mol. The van der Waals surface area contributed by atoms with Gasteiger partial charge in [-0.25, -0.2) is 4.39 Å². The molecule has 0 unspecified atom stereocenters. The number of aliphatic hydroxyl groups is 1. The van der Waals surface area contributed by atoms with Gasteiger partial charge in [-0.15, -0.1) is 10.2 Å². The lowest BCUT2D eigenvalue weighted by Crippen LogP contribution is -2.08. The molecule has 0 saturated heterocycles. The molecule has 1 heterocycles. The van der Waals surface area contributed by atoms with Crippen molar-refractivity contribution in [3.8, 4) is 11.4 Å². The largest absolute Gasteiger partial charge is 0.388 e. The summed E-state index contributed by atoms with van der Waals surface area (Å²) in [6.07, 6.45) is 0. The number of aryl methyl sites for hydroxylation is 1. The van der Waals surface area contributed by atoms with Crippen molar-refractivity contribution in [1.82, 2.24) is 14.8 Å². The Morgan fingerprint density at radius 3 is 2.61 bits per heavy atom. The van der Waals surface area contributed by atoms with Crippen LogP contribution in [0.5, 0.6) is 0 Å². The van der Waals surface area contributed by atoms with E-state index in [2.05, 4.69) is 10.2 Å². The smallest absolute Gasteiger partial charge is 0.164 e. The van der Waals surface area contributed by atoms with Crippen molar-refractivity contribution < 1.29 is 9.50 Å². The maximum atomic E-state index is 13.1. The third-order valence-corrected chi connectivity index (χ3v) is 2.85. The van der Waals surface area contributed by atoms with Gasteiger partial charge in [-0.2, -0.15) is 0 Å². The summed E-state index contributed by atoms with van der Waals surface area (Å²) in [4.78, 5) is 0. The van der Waals surface area contributed by atoms with Gasteiger partial charge in [0.05, 0.1) is 0 Å². The summed E-state index contributed by atoms with van der Waals surface area (Å²) < 4.78 is 15.0. The second kappa shape index (κ2) is 4.86. The molecule has 0 spiro atoms. The molecule has 0 fully saturated rings. The number of benzene rings is 1. The van der Waals surface area contributed by atoms with Crippen molar-refractivity contribution in [2.75, 3.05) is 0 Å². The summed E-state index contributed by atoms with van der Waals surface area (Å²) in [5.74, 6) is 0.907. The van der Waals surface area contributed by atoms with Crippen molar-refractivity contribution in [2.24, 2.45) is 0 Å². The maximum absolute atomic E-state index is 13.1. The third kappa shape index (κ3) is 2.13. The molecule has 1 aromatic carbocycles. The van der Waals surface area contributed by atoms with E-state index < -0.39 is 0 Å². The normalized spacial score (nSPS) is 11.2. The van der Waals surface area contributed by atoms with Crippen LogP contribution < -0.4 is 0 Å². The second-order valence-electron chi connectivity index (χ2n) is 4.52. The average Bonchev–Trinajstić information content (AvgIpc) is 2.72. The van der Waals surface area contributed by atoms with Crippen LogP contribution in [0.25, 0.3) is 11.4 Å². The van der Waals surface area contributed by atoms with E-state index in [-0.39, 0.29) is 18.5 Å². The highest BCUT2D eigenvalue weighted by Gasteiger charge is 2.17. The van der Waals surface area contributed by atoms with E-state index in [1.807, 2.05) is 25.3 Å². The van der Waals surface area contributed by atoms with Crippen molar-refractivity contribution in [3.63, 3.8) is 0 Å². The summed E-state index contributed by atoms with van der Waals surface area (Å²) in [5.41, 5.74) is 1.63. The standard InChI is InChI=1S/C13H16FN3O/c1-8(2)17-12(7-18)15-16-13(17)11-5-4-10(14)6-9(11)3/h4-6,8,18H,7H2,1-3H3. The number of halogens is 1. The Hall–Kier alpha value is -1.75. The first-order chi connectivity index (χ1) is 8.54. The van der Waals surface area contributed by atoms with E-state index >= 15 is 0 Å². The van der Waals surface area contributed by atoms with Crippen molar-refractivity contribution in [1.29, 1.82) is 0 Å². The zero-order chi connectivity index (χ0) is 13.3. The molecule has 0 aliphatic heterocycles. The summed E-state index contributed by atoms with van der Waals surface area (Å²) in [6, 6.07) is 4.68. The van der Waals surface area contributed by atoms with Gasteiger partial charge in [0.15, 0.2) is 11.6 Å². The van der Waals surface area contributed by atoms with Gasteiger partial charge >= 0.3 is 0 Å². The number of aromatic nitrogens is 3. The molecule has 0 aliphatic carbocycles. The van der Waals surface area contributed by atoms with Gasteiger partial charge in [-0.3, -0.25) is 0 Å². The lowest BCUT2D eigenvalue weighted by atomic mass is 10.1. The van der Waals surface area contributed by atoms with E-state index in [1.54, 1.807) is 6.07 Å². The van der Waals surface area contributed by atoms with Gasteiger partial charge < -0.3 is 9.67 Å². The van der Waals surface area contributed by atoms with Gasteiger partial charge in [-0.05, 0) is 44.5 Å². The molecule has 0 aliphatic rings. The van der Waals surface area contributed by atoms with Crippen LogP contribution in [-0.4, -0.2) is 19.9 Å². The number of aliphatic hydroxyl groups excluding tert-OH is 1. The highest BCUT2D eigenvalue weighted by molar-refractivity contribution is 5.60. The molecule has 0 atom stereocenters. The van der Waals surface area contributed by atoms with Gasteiger partial charge in [0.1, 0.15) is 12.4 Å². The Kier molecular flexibility index (Phi) is 3.43. The van der Waals surface area contributed by atoms with Crippen molar-refractivity contribution >= 4 is 0 Å². The molecule has 2 rings (SSSR count). The Balaban J connectivity index is 2.60. The Labute approximate surface area is 105 Å². The quantitative estimate of drug-likeness (QED) is 0.909. The molecule has 5 heteroatoms. The highest BCUT2D eigenvalue weighted by Crippen LogP contribution is 2.25. The summed E-state index contributed by atoms with van der Waals surface area (Å²) in [6.45, 7) is 5.65. The van der Waals surface area contributed by atoms with Crippen LogP contribution in [0.1, 0.15) is 31.3 Å². The van der Waals surface area contributed by atoms with Crippen LogP contribution in [0.3, 0.4) is 0 Å². The number of nitrogens with zero attached hydrogens (tertiary/aromatic N) is 3. The van der Waals surface area contributed by atoms with Gasteiger partial charge in [0.2, 0.25) is 0 Å². The molecule has 0 amide bonds. The second-order valence-corrected chi connectivity index (χ2v) is 4.52. The molecular weight excluding hydrogens is 233 g/mol. The Bertz CT molecular complexity index is 563. The maximum Gasteiger partial charge on any atom is 0.164 e. The van der Waals surface area contributed by atoms with E-state index in [1.165, 1.54) is 12.1 Å². The minimum atomic E-state index is -0.269. The minimum Gasteiger partial charge on any atom is -0.388 e. The fraction of sp³-hybridized carbons (Fsp3) is 0.385. The molecule has 18 heavy (non-hydrogen) atoms. The van der Waals surface area contributed by atoms with Gasteiger partial charge in [0, 0.05) is 11.6 Å². The predicted octanol–water partition coefficient (Wildman–Crippen LogP) is 2.47. The topological polar surface area (TPSA) is 50.9 Å². The highest BCUT2D eigenvalue weighted by atomic mass is 19.1. The summed E-state index contributed by atoms with van der Waals surface area (Å²) in [7, 11) is 0. The van der Waals surface area contributed by atoms with Crippen molar-refractivity contribution in [2.45, 2.75) is 33.4 Å². The van der Waals surface area contributed by atoms with Crippen LogP contribution >= 0.6 is 0 Å². The number of hydrogen-bond acceptors (Lipinski definition) is 3. The molecule has 1 N–H and O–H groups in total. The summed E-state index contributed by atoms with van der Waals surface area (Å²) in [5, 5.41) is 17.3. The van der Waals surface area contributed by atoms with Crippen LogP contribution in [0.15, 0.2) is 18.2 Å². The van der Waals surface area contributed by atoms with Crippen LogP contribution in [-0.2, 0) is 6.61 Å². The van der Waals surface area contributed by atoms with E-state index in [4.69, 9.17) is 0 Å². The molecule has 0 radical (unpaired) electrons. The molecule has 1 aromatic heterocycles. The number of rotatable bonds is 3. The minimum absolute atomic E-state index is 0.126. The fourth-order valence-electron chi connectivity index (χ4n) is 2.04. The Morgan fingerprint density at radius 2 is 2.06 bits per heavy atom. The fourth-order valence-corrected chi connectivity index (χ4v) is 2.04. The number of hydrogen-bond donors (Lipinski definition) is 1. The zero-order valence-corrected chi connectivity index (χ0v) is 10.7. The van der Waals surface area contributed by atoms with Crippen LogP contribution in [0.2, 0.25) is 0 Å². The lowest BCUT2D eigenvalue weighted by molar-refractivity contribution is 0.262. The van der Waals surface area contributed by atoms with E-state index in [0.29, 0.717) is 11.6 Å². The molecule has 96 valence electrons. The Morgan fingerprint density at radius 1 is 1.33 bits per heavy atom. The van der Waals surface area contributed by atoms with E-state index in [0.717, 1.165) is 11.1 Å². The van der Waals surface area contributed by atoms with Crippen LogP contribution in [0.4, 0.5) is 4.39 Å². The van der Waals surface area contributed by atoms with Crippen LogP contribution in [0, 0.1) is 12.7 Å². The third-order valence-electron chi connectivity index (χ3n) is 2.85. The van der Waals surface area contributed by atoms with Gasteiger partial charge in [-0.1, -0.05) is 0 Å². The molecule has 4 nitrogen and oxygen atoms in total.